The van der Waals surface area contributed by atoms with Gasteiger partial charge in [-0.1, -0.05) is 6.92 Å². The Kier molecular flexibility index (Phi) is 7.19. The molecular formula is C16H19F3N4O4S2. The first-order valence-corrected chi connectivity index (χ1v) is 10.7. The Morgan fingerprint density at radius 2 is 2.03 bits per heavy atom. The molecule has 0 aliphatic rings. The zero-order chi connectivity index (χ0) is 21.8. The molecule has 8 nitrogen and oxygen atoms in total. The van der Waals surface area contributed by atoms with E-state index in [2.05, 4.69) is 15.3 Å². The highest BCUT2D eigenvalue weighted by Gasteiger charge is 2.46. The standard InChI is InChI=1S/C16H19F3N4O4S2/c1-4-12-15(28-8-21-12)22-14(24)11-5-13(20-6-9(11)2)27-7-10(3)23-29(25,26)16(17,18)19/h5-6,8,10,23H,4,7H2,1-3H3,(H,22,24)/t10-/m0/s1. The second-order valence-electron chi connectivity index (χ2n) is 6.05. The maximum Gasteiger partial charge on any atom is 0.511 e. The number of aromatic nitrogens is 2. The van der Waals surface area contributed by atoms with Crippen LogP contribution < -0.4 is 14.8 Å². The van der Waals surface area contributed by atoms with Crippen LogP contribution in [0.4, 0.5) is 18.2 Å². The predicted molar refractivity (Wildman–Crippen MR) is 101 cm³/mol. The number of carbonyl (C=O) groups is 1. The van der Waals surface area contributed by atoms with Crippen LogP contribution in [0.15, 0.2) is 17.8 Å². The van der Waals surface area contributed by atoms with Crippen molar-refractivity contribution < 1.29 is 31.1 Å². The number of anilines is 1. The van der Waals surface area contributed by atoms with Crippen molar-refractivity contribution in [3.63, 3.8) is 0 Å². The number of sulfonamides is 1. The first kappa shape index (κ1) is 23.0. The lowest BCUT2D eigenvalue weighted by atomic mass is 10.1. The van der Waals surface area contributed by atoms with E-state index in [-0.39, 0.29) is 11.4 Å². The van der Waals surface area contributed by atoms with Crippen LogP contribution in [0.3, 0.4) is 0 Å². The van der Waals surface area contributed by atoms with Crippen molar-refractivity contribution in [1.82, 2.24) is 14.7 Å². The van der Waals surface area contributed by atoms with Gasteiger partial charge in [-0.3, -0.25) is 4.79 Å². The number of amides is 1. The van der Waals surface area contributed by atoms with Crippen LogP contribution in [0, 0.1) is 6.92 Å². The number of alkyl halides is 3. The maximum atomic E-state index is 12.6. The normalized spacial score (nSPS) is 13.2. The molecule has 2 N–H and O–H groups in total. The summed E-state index contributed by atoms with van der Waals surface area (Å²) in [5.41, 5.74) is -2.23. The quantitative estimate of drug-likeness (QED) is 0.637. The summed E-state index contributed by atoms with van der Waals surface area (Å²) in [5.74, 6) is -0.446. The number of hydrogen-bond acceptors (Lipinski definition) is 7. The number of hydrogen-bond donors (Lipinski definition) is 2. The van der Waals surface area contributed by atoms with Gasteiger partial charge < -0.3 is 10.1 Å². The second-order valence-corrected chi connectivity index (χ2v) is 8.61. The van der Waals surface area contributed by atoms with Crippen molar-refractivity contribution in [3.05, 3.63) is 34.6 Å². The molecule has 13 heteroatoms. The van der Waals surface area contributed by atoms with Crippen LogP contribution in [0.2, 0.25) is 0 Å². The van der Waals surface area contributed by atoms with Crippen LogP contribution in [-0.4, -0.2) is 42.4 Å². The van der Waals surface area contributed by atoms with Gasteiger partial charge in [0.15, 0.2) is 0 Å². The zero-order valence-corrected chi connectivity index (χ0v) is 17.3. The van der Waals surface area contributed by atoms with Crippen molar-refractivity contribution in [1.29, 1.82) is 0 Å². The molecule has 0 aromatic carbocycles. The van der Waals surface area contributed by atoms with Crippen molar-refractivity contribution >= 4 is 32.3 Å². The molecule has 1 atom stereocenters. The monoisotopic (exact) mass is 452 g/mol. The maximum absolute atomic E-state index is 12.6. The lowest BCUT2D eigenvalue weighted by Gasteiger charge is -2.16. The van der Waals surface area contributed by atoms with Gasteiger partial charge in [0, 0.05) is 17.8 Å². The van der Waals surface area contributed by atoms with E-state index in [1.807, 2.05) is 6.92 Å². The molecular weight excluding hydrogens is 433 g/mol. The molecule has 0 aliphatic heterocycles. The van der Waals surface area contributed by atoms with E-state index < -0.39 is 34.1 Å². The number of nitrogens with zero attached hydrogens (tertiary/aromatic N) is 2. The Bertz CT molecular complexity index is 977. The lowest BCUT2D eigenvalue weighted by Crippen LogP contribution is -2.43. The number of pyridine rings is 1. The fourth-order valence-electron chi connectivity index (χ4n) is 2.20. The molecule has 2 aromatic rings. The van der Waals surface area contributed by atoms with Crippen molar-refractivity contribution in [2.45, 2.75) is 38.7 Å². The summed E-state index contributed by atoms with van der Waals surface area (Å²) in [7, 11) is -5.48. The van der Waals surface area contributed by atoms with Gasteiger partial charge in [-0.05, 0) is 25.8 Å². The second kappa shape index (κ2) is 9.05. The van der Waals surface area contributed by atoms with Crippen molar-refractivity contribution in [2.24, 2.45) is 0 Å². The van der Waals surface area contributed by atoms with Crippen LogP contribution in [-0.2, 0) is 16.4 Å². The van der Waals surface area contributed by atoms with Crippen LogP contribution >= 0.6 is 11.3 Å². The molecule has 1 amide bonds. The summed E-state index contributed by atoms with van der Waals surface area (Å²) in [6.07, 6.45) is 2.02. The summed E-state index contributed by atoms with van der Waals surface area (Å²) < 4.78 is 66.1. The topological polar surface area (TPSA) is 110 Å². The SMILES string of the molecule is CCc1ncsc1NC(=O)c1cc(OC[C@H](C)NS(=O)(=O)C(F)(F)F)ncc1C. The molecule has 0 bridgehead atoms. The highest BCUT2D eigenvalue weighted by molar-refractivity contribution is 7.90. The van der Waals surface area contributed by atoms with Crippen molar-refractivity contribution in [3.8, 4) is 5.88 Å². The van der Waals surface area contributed by atoms with E-state index >= 15 is 0 Å². The van der Waals surface area contributed by atoms with Gasteiger partial charge in [0.05, 0.1) is 17.2 Å². The molecule has 0 unspecified atom stereocenters. The van der Waals surface area contributed by atoms with E-state index in [0.717, 1.165) is 5.69 Å². The highest BCUT2D eigenvalue weighted by atomic mass is 32.2. The lowest BCUT2D eigenvalue weighted by molar-refractivity contribution is -0.0451. The Balaban J connectivity index is 2.06. The van der Waals surface area contributed by atoms with Gasteiger partial charge >= 0.3 is 15.5 Å². The molecule has 0 fully saturated rings. The van der Waals surface area contributed by atoms with E-state index in [0.29, 0.717) is 17.0 Å². The van der Waals surface area contributed by atoms with E-state index in [1.54, 1.807) is 12.4 Å². The molecule has 29 heavy (non-hydrogen) atoms. The van der Waals surface area contributed by atoms with Gasteiger partial charge in [0.2, 0.25) is 5.88 Å². The Morgan fingerprint density at radius 1 is 1.34 bits per heavy atom. The number of ether oxygens (including phenoxy) is 1. The van der Waals surface area contributed by atoms with Gasteiger partial charge in [-0.2, -0.15) is 13.2 Å². The molecule has 2 rings (SSSR count). The van der Waals surface area contributed by atoms with E-state index in [9.17, 15) is 26.4 Å². The Hall–Kier alpha value is -2.25. The summed E-state index contributed by atoms with van der Waals surface area (Å²) in [4.78, 5) is 20.7. The Morgan fingerprint density at radius 3 is 2.66 bits per heavy atom. The summed E-state index contributed by atoms with van der Waals surface area (Å²) in [6, 6.07) is 0.161. The first-order chi connectivity index (χ1) is 13.4. The largest absolute Gasteiger partial charge is 0.511 e. The predicted octanol–water partition coefficient (Wildman–Crippen LogP) is 2.87. The molecule has 0 aliphatic carbocycles. The minimum atomic E-state index is -5.48. The summed E-state index contributed by atoms with van der Waals surface area (Å²) in [6.45, 7) is 4.37. The number of thiazole rings is 1. The Labute approximate surface area is 169 Å². The number of rotatable bonds is 8. The van der Waals surface area contributed by atoms with Gasteiger partial charge in [-0.25, -0.2) is 23.1 Å². The number of aryl methyl sites for hydroxylation is 2. The minimum Gasteiger partial charge on any atom is -0.476 e. The fourth-order valence-corrected chi connectivity index (χ4v) is 3.70. The summed E-state index contributed by atoms with van der Waals surface area (Å²) >= 11 is 1.28. The van der Waals surface area contributed by atoms with E-state index in [1.165, 1.54) is 35.2 Å². The molecule has 0 saturated carbocycles. The fraction of sp³-hybridized carbons (Fsp3) is 0.438. The third-order valence-electron chi connectivity index (χ3n) is 3.67. The molecule has 2 heterocycles. The van der Waals surface area contributed by atoms with Crippen molar-refractivity contribution in [2.75, 3.05) is 11.9 Å². The van der Waals surface area contributed by atoms with Gasteiger partial charge in [-0.15, -0.1) is 11.3 Å². The van der Waals surface area contributed by atoms with Gasteiger partial charge in [0.1, 0.15) is 11.6 Å². The van der Waals surface area contributed by atoms with Gasteiger partial charge in [0.25, 0.3) is 5.91 Å². The average molecular weight is 452 g/mol. The van der Waals surface area contributed by atoms with E-state index in [4.69, 9.17) is 4.74 Å². The third-order valence-corrected chi connectivity index (χ3v) is 5.77. The highest BCUT2D eigenvalue weighted by Crippen LogP contribution is 2.24. The van der Waals surface area contributed by atoms with Crippen LogP contribution in [0.1, 0.15) is 35.5 Å². The number of carbonyl (C=O) groups excluding carboxylic acids is 1. The molecule has 0 spiro atoms. The summed E-state index contributed by atoms with van der Waals surface area (Å²) in [5, 5.41) is 3.37. The zero-order valence-electron chi connectivity index (χ0n) is 15.7. The molecule has 2 aromatic heterocycles. The number of halogens is 3. The minimum absolute atomic E-state index is 0.0289. The first-order valence-electron chi connectivity index (χ1n) is 8.36. The smallest absolute Gasteiger partial charge is 0.476 e. The van der Waals surface area contributed by atoms with Crippen LogP contribution in [0.5, 0.6) is 5.88 Å². The molecule has 0 saturated heterocycles. The average Bonchev–Trinajstić information content (AvgIpc) is 3.06. The molecule has 0 radical (unpaired) electrons. The molecule has 160 valence electrons. The van der Waals surface area contributed by atoms with Crippen LogP contribution in [0.25, 0.3) is 0 Å². The third kappa shape index (κ3) is 5.87. The number of nitrogens with one attached hydrogen (secondary N) is 2.